The SMILES string of the molecule is CCOC1CCCN(c2ccccc2CNC(C)(C)C)C1. The van der Waals surface area contributed by atoms with Crippen molar-refractivity contribution in [1.29, 1.82) is 0 Å². The largest absolute Gasteiger partial charge is 0.377 e. The molecule has 0 radical (unpaired) electrons. The first-order chi connectivity index (χ1) is 9.99. The number of benzene rings is 1. The van der Waals surface area contributed by atoms with Gasteiger partial charge in [-0.05, 0) is 52.2 Å². The number of ether oxygens (including phenoxy) is 1. The Kier molecular flexibility index (Phi) is 5.65. The third-order valence-corrected chi connectivity index (χ3v) is 3.92. The van der Waals surface area contributed by atoms with Crippen LogP contribution in [0.1, 0.15) is 46.1 Å². The monoisotopic (exact) mass is 290 g/mol. The van der Waals surface area contributed by atoms with Gasteiger partial charge in [-0.2, -0.15) is 0 Å². The lowest BCUT2D eigenvalue weighted by molar-refractivity contribution is 0.0526. The Bertz CT molecular complexity index is 437. The topological polar surface area (TPSA) is 24.5 Å². The Balaban J connectivity index is 2.08. The molecule has 1 aliphatic rings. The van der Waals surface area contributed by atoms with E-state index in [0.29, 0.717) is 6.10 Å². The van der Waals surface area contributed by atoms with E-state index in [4.69, 9.17) is 4.74 Å². The van der Waals surface area contributed by atoms with Crippen LogP contribution in [0.5, 0.6) is 0 Å². The van der Waals surface area contributed by atoms with E-state index in [0.717, 1.165) is 26.2 Å². The molecule has 1 aromatic carbocycles. The minimum Gasteiger partial charge on any atom is -0.377 e. The van der Waals surface area contributed by atoms with Crippen molar-refractivity contribution in [3.63, 3.8) is 0 Å². The van der Waals surface area contributed by atoms with Crippen LogP contribution in [0, 0.1) is 0 Å². The minimum atomic E-state index is 0.142. The molecule has 2 rings (SSSR count). The van der Waals surface area contributed by atoms with Crippen LogP contribution in [-0.2, 0) is 11.3 Å². The molecular formula is C18H30N2O. The predicted octanol–water partition coefficient (Wildman–Crippen LogP) is 3.58. The number of hydrogen-bond acceptors (Lipinski definition) is 3. The third-order valence-electron chi connectivity index (χ3n) is 3.92. The molecule has 0 spiro atoms. The van der Waals surface area contributed by atoms with Crippen molar-refractivity contribution in [3.8, 4) is 0 Å². The van der Waals surface area contributed by atoms with Crippen molar-refractivity contribution in [2.24, 2.45) is 0 Å². The number of nitrogens with one attached hydrogen (secondary N) is 1. The molecule has 0 amide bonds. The first-order valence-electron chi connectivity index (χ1n) is 8.19. The van der Waals surface area contributed by atoms with E-state index in [1.54, 1.807) is 0 Å². The van der Waals surface area contributed by atoms with E-state index >= 15 is 0 Å². The molecule has 1 aliphatic heterocycles. The summed E-state index contributed by atoms with van der Waals surface area (Å²) in [5, 5.41) is 3.60. The lowest BCUT2D eigenvalue weighted by Crippen LogP contribution is -2.41. The van der Waals surface area contributed by atoms with Gasteiger partial charge in [-0.15, -0.1) is 0 Å². The smallest absolute Gasteiger partial charge is 0.0750 e. The lowest BCUT2D eigenvalue weighted by Gasteiger charge is -2.35. The van der Waals surface area contributed by atoms with Gasteiger partial charge in [0.25, 0.3) is 0 Å². The van der Waals surface area contributed by atoms with Gasteiger partial charge in [0.1, 0.15) is 0 Å². The van der Waals surface area contributed by atoms with Gasteiger partial charge in [0.15, 0.2) is 0 Å². The average Bonchev–Trinajstić information content (AvgIpc) is 2.45. The molecule has 1 heterocycles. The molecule has 1 saturated heterocycles. The average molecular weight is 290 g/mol. The number of nitrogens with zero attached hydrogens (tertiary/aromatic N) is 1. The molecule has 0 saturated carbocycles. The highest BCUT2D eigenvalue weighted by molar-refractivity contribution is 5.54. The van der Waals surface area contributed by atoms with Gasteiger partial charge < -0.3 is 15.0 Å². The molecule has 1 fully saturated rings. The Morgan fingerprint density at radius 2 is 2.05 bits per heavy atom. The Morgan fingerprint density at radius 3 is 2.76 bits per heavy atom. The van der Waals surface area contributed by atoms with Crippen LogP contribution >= 0.6 is 0 Å². The van der Waals surface area contributed by atoms with Crippen LogP contribution in [0.25, 0.3) is 0 Å². The molecule has 3 heteroatoms. The van der Waals surface area contributed by atoms with Crippen molar-refractivity contribution in [2.45, 2.75) is 58.7 Å². The molecule has 0 aliphatic carbocycles. The number of hydrogen-bond donors (Lipinski definition) is 1. The van der Waals surface area contributed by atoms with E-state index in [1.807, 2.05) is 0 Å². The van der Waals surface area contributed by atoms with Gasteiger partial charge in [-0.25, -0.2) is 0 Å². The highest BCUT2D eigenvalue weighted by atomic mass is 16.5. The summed E-state index contributed by atoms with van der Waals surface area (Å²) in [6, 6.07) is 8.75. The van der Waals surface area contributed by atoms with E-state index in [9.17, 15) is 0 Å². The van der Waals surface area contributed by atoms with E-state index in [-0.39, 0.29) is 5.54 Å². The number of rotatable bonds is 5. The zero-order valence-electron chi connectivity index (χ0n) is 14.0. The summed E-state index contributed by atoms with van der Waals surface area (Å²) >= 11 is 0. The Morgan fingerprint density at radius 1 is 1.29 bits per heavy atom. The van der Waals surface area contributed by atoms with Crippen molar-refractivity contribution < 1.29 is 4.74 Å². The molecule has 118 valence electrons. The minimum absolute atomic E-state index is 0.142. The Hall–Kier alpha value is -1.06. The van der Waals surface area contributed by atoms with Gasteiger partial charge in [0.05, 0.1) is 6.10 Å². The maximum absolute atomic E-state index is 5.83. The van der Waals surface area contributed by atoms with Crippen molar-refractivity contribution in [1.82, 2.24) is 5.32 Å². The summed E-state index contributed by atoms with van der Waals surface area (Å²) in [5.41, 5.74) is 2.88. The fraction of sp³-hybridized carbons (Fsp3) is 0.667. The van der Waals surface area contributed by atoms with E-state index < -0.39 is 0 Å². The normalized spacial score (nSPS) is 19.8. The van der Waals surface area contributed by atoms with Crippen LogP contribution in [0.15, 0.2) is 24.3 Å². The standard InChI is InChI=1S/C18H30N2O/c1-5-21-16-10-8-12-20(14-16)17-11-7-6-9-15(17)13-19-18(2,3)4/h6-7,9,11,16,19H,5,8,10,12-14H2,1-4H3. The summed E-state index contributed by atoms with van der Waals surface area (Å²) < 4.78 is 5.83. The number of para-hydroxylation sites is 1. The van der Waals surface area contributed by atoms with Crippen molar-refractivity contribution >= 4 is 5.69 Å². The summed E-state index contributed by atoms with van der Waals surface area (Å²) in [6.45, 7) is 12.6. The van der Waals surface area contributed by atoms with Crippen molar-refractivity contribution in [2.75, 3.05) is 24.6 Å². The highest BCUT2D eigenvalue weighted by Crippen LogP contribution is 2.25. The lowest BCUT2D eigenvalue weighted by atomic mass is 10.0. The van der Waals surface area contributed by atoms with Gasteiger partial charge in [-0.1, -0.05) is 18.2 Å². The zero-order chi connectivity index (χ0) is 15.3. The van der Waals surface area contributed by atoms with Gasteiger partial charge in [0.2, 0.25) is 0 Å². The third kappa shape index (κ3) is 5.01. The van der Waals surface area contributed by atoms with Crippen LogP contribution in [0.2, 0.25) is 0 Å². The second-order valence-corrected chi connectivity index (χ2v) is 6.90. The van der Waals surface area contributed by atoms with Crippen molar-refractivity contribution in [3.05, 3.63) is 29.8 Å². The quantitative estimate of drug-likeness (QED) is 0.897. The predicted molar refractivity (Wildman–Crippen MR) is 89.9 cm³/mol. The second kappa shape index (κ2) is 7.28. The van der Waals surface area contributed by atoms with Crippen LogP contribution in [0.4, 0.5) is 5.69 Å². The molecule has 3 nitrogen and oxygen atoms in total. The summed E-state index contributed by atoms with van der Waals surface area (Å²) in [4.78, 5) is 2.49. The molecule has 0 aromatic heterocycles. The number of piperidine rings is 1. The summed E-state index contributed by atoms with van der Waals surface area (Å²) in [7, 11) is 0. The molecule has 1 N–H and O–H groups in total. The molecule has 0 bridgehead atoms. The van der Waals surface area contributed by atoms with Crippen LogP contribution in [0.3, 0.4) is 0 Å². The number of anilines is 1. The summed E-state index contributed by atoms with van der Waals surface area (Å²) in [5.74, 6) is 0. The molecule has 1 atom stereocenters. The van der Waals surface area contributed by atoms with Gasteiger partial charge >= 0.3 is 0 Å². The zero-order valence-corrected chi connectivity index (χ0v) is 14.0. The van der Waals surface area contributed by atoms with Crippen LogP contribution in [-0.4, -0.2) is 31.3 Å². The van der Waals surface area contributed by atoms with E-state index in [2.05, 4.69) is 62.2 Å². The first kappa shape index (κ1) is 16.3. The maximum Gasteiger partial charge on any atom is 0.0750 e. The second-order valence-electron chi connectivity index (χ2n) is 6.90. The van der Waals surface area contributed by atoms with Gasteiger partial charge in [0, 0.05) is 37.5 Å². The van der Waals surface area contributed by atoms with Crippen LogP contribution < -0.4 is 10.2 Å². The maximum atomic E-state index is 5.83. The van der Waals surface area contributed by atoms with E-state index in [1.165, 1.54) is 24.1 Å². The fourth-order valence-corrected chi connectivity index (χ4v) is 2.86. The first-order valence-corrected chi connectivity index (χ1v) is 8.19. The molecule has 1 unspecified atom stereocenters. The molecular weight excluding hydrogens is 260 g/mol. The Labute approximate surface area is 129 Å². The summed E-state index contributed by atoms with van der Waals surface area (Å²) in [6.07, 6.45) is 2.78. The molecule has 1 aromatic rings. The van der Waals surface area contributed by atoms with Gasteiger partial charge in [-0.3, -0.25) is 0 Å². The molecule has 21 heavy (non-hydrogen) atoms. The highest BCUT2D eigenvalue weighted by Gasteiger charge is 2.22. The fourth-order valence-electron chi connectivity index (χ4n) is 2.86.